The number of carbonyl (C=O) groups excluding carboxylic acids is 1. The van der Waals surface area contributed by atoms with Crippen molar-refractivity contribution in [2.24, 2.45) is 5.92 Å². The van der Waals surface area contributed by atoms with E-state index < -0.39 is 11.6 Å². The Balaban J connectivity index is 1.64. The third-order valence-corrected chi connectivity index (χ3v) is 4.86. The molecule has 1 saturated heterocycles. The molecule has 1 aliphatic heterocycles. The first-order chi connectivity index (χ1) is 12.4. The van der Waals surface area contributed by atoms with Crippen LogP contribution in [-0.4, -0.2) is 23.9 Å². The van der Waals surface area contributed by atoms with E-state index in [1.807, 2.05) is 4.90 Å². The Hall–Kier alpha value is -2.05. The smallest absolute Gasteiger partial charge is 0.228 e. The Labute approximate surface area is 154 Å². The first-order valence-electron chi connectivity index (χ1n) is 8.35. The van der Waals surface area contributed by atoms with Crippen LogP contribution in [0.3, 0.4) is 0 Å². The van der Waals surface area contributed by atoms with Crippen LogP contribution in [0.5, 0.6) is 0 Å². The zero-order valence-corrected chi connectivity index (χ0v) is 14.7. The molecule has 1 amide bonds. The van der Waals surface area contributed by atoms with Crippen LogP contribution in [0.1, 0.15) is 18.4 Å². The Morgan fingerprint density at radius 2 is 1.96 bits per heavy atom. The first kappa shape index (κ1) is 18.7. The highest BCUT2D eigenvalue weighted by Gasteiger charge is 2.27. The molecule has 2 aromatic carbocycles. The molecule has 3 nitrogen and oxygen atoms in total. The molecule has 0 aliphatic carbocycles. The second-order valence-corrected chi connectivity index (χ2v) is 6.80. The minimum absolute atomic E-state index is 0.211. The van der Waals surface area contributed by atoms with Gasteiger partial charge in [0.1, 0.15) is 5.82 Å². The van der Waals surface area contributed by atoms with Gasteiger partial charge in [-0.05, 0) is 43.7 Å². The largest absolute Gasteiger partial charge is 0.326 e. The molecule has 0 bridgehead atoms. The molecule has 2 aromatic rings. The number of piperidine rings is 1. The van der Waals surface area contributed by atoms with E-state index in [2.05, 4.69) is 5.32 Å². The fraction of sp³-hybridized carbons (Fsp3) is 0.316. The lowest BCUT2D eigenvalue weighted by Gasteiger charge is -2.32. The van der Waals surface area contributed by atoms with Crippen LogP contribution in [-0.2, 0) is 11.3 Å². The van der Waals surface area contributed by atoms with E-state index in [1.54, 1.807) is 12.1 Å². The van der Waals surface area contributed by atoms with Crippen LogP contribution in [0, 0.1) is 23.4 Å². The predicted octanol–water partition coefficient (Wildman–Crippen LogP) is 4.61. The van der Waals surface area contributed by atoms with Crippen LogP contribution in [0.2, 0.25) is 5.02 Å². The molecular formula is C19H18ClF3N2O. The van der Waals surface area contributed by atoms with Gasteiger partial charge in [-0.15, -0.1) is 0 Å². The molecule has 1 aliphatic rings. The molecule has 0 spiro atoms. The van der Waals surface area contributed by atoms with Crippen LogP contribution >= 0.6 is 11.6 Å². The van der Waals surface area contributed by atoms with Gasteiger partial charge in [0.15, 0.2) is 11.6 Å². The Kier molecular flexibility index (Phi) is 5.84. The second kappa shape index (κ2) is 8.10. The minimum Gasteiger partial charge on any atom is -0.326 e. The third-order valence-electron chi connectivity index (χ3n) is 4.51. The van der Waals surface area contributed by atoms with Crippen molar-refractivity contribution in [3.63, 3.8) is 0 Å². The summed E-state index contributed by atoms with van der Waals surface area (Å²) in [4.78, 5) is 14.4. The number of amides is 1. The number of rotatable bonds is 4. The SMILES string of the molecule is O=C(Nc1ccc(F)c(F)c1)C1CCCN(Cc2c(F)cccc2Cl)C1. The lowest BCUT2D eigenvalue weighted by atomic mass is 9.96. The average molecular weight is 383 g/mol. The molecule has 1 unspecified atom stereocenters. The van der Waals surface area contributed by atoms with E-state index in [0.29, 0.717) is 30.1 Å². The molecule has 1 fully saturated rings. The highest BCUT2D eigenvalue weighted by molar-refractivity contribution is 6.31. The number of anilines is 1. The zero-order chi connectivity index (χ0) is 18.7. The highest BCUT2D eigenvalue weighted by atomic mass is 35.5. The summed E-state index contributed by atoms with van der Waals surface area (Å²) >= 11 is 6.07. The average Bonchev–Trinajstić information content (AvgIpc) is 2.62. The summed E-state index contributed by atoms with van der Waals surface area (Å²) in [6.45, 7) is 1.50. The van der Waals surface area contributed by atoms with E-state index in [9.17, 15) is 18.0 Å². The molecule has 0 aromatic heterocycles. The molecule has 0 radical (unpaired) electrons. The maximum atomic E-state index is 14.0. The molecule has 7 heteroatoms. The quantitative estimate of drug-likeness (QED) is 0.837. The van der Waals surface area contributed by atoms with Crippen molar-refractivity contribution in [2.75, 3.05) is 18.4 Å². The number of halogens is 4. The van der Waals surface area contributed by atoms with Gasteiger partial charge in [-0.25, -0.2) is 13.2 Å². The highest BCUT2D eigenvalue weighted by Crippen LogP contribution is 2.25. The molecule has 138 valence electrons. The summed E-state index contributed by atoms with van der Waals surface area (Å²) in [5.41, 5.74) is 0.624. The van der Waals surface area contributed by atoms with E-state index in [-0.39, 0.29) is 23.3 Å². The van der Waals surface area contributed by atoms with E-state index in [1.165, 1.54) is 12.1 Å². The van der Waals surface area contributed by atoms with Gasteiger partial charge in [-0.1, -0.05) is 17.7 Å². The van der Waals surface area contributed by atoms with Gasteiger partial charge in [0.2, 0.25) is 5.91 Å². The summed E-state index contributed by atoms with van der Waals surface area (Å²) < 4.78 is 40.2. The fourth-order valence-corrected chi connectivity index (χ4v) is 3.36. The summed E-state index contributed by atoms with van der Waals surface area (Å²) in [5.74, 6) is -2.93. The van der Waals surface area contributed by atoms with Crippen molar-refractivity contribution in [2.45, 2.75) is 19.4 Å². The van der Waals surface area contributed by atoms with Crippen molar-refractivity contribution in [3.8, 4) is 0 Å². The van der Waals surface area contributed by atoms with Gasteiger partial charge in [0.25, 0.3) is 0 Å². The molecule has 0 saturated carbocycles. The lowest BCUT2D eigenvalue weighted by Crippen LogP contribution is -2.40. The van der Waals surface area contributed by atoms with Gasteiger partial charge in [-0.3, -0.25) is 9.69 Å². The molecule has 3 rings (SSSR count). The molecular weight excluding hydrogens is 365 g/mol. The number of hydrogen-bond acceptors (Lipinski definition) is 2. The van der Waals surface area contributed by atoms with Gasteiger partial charge in [0.05, 0.1) is 5.92 Å². The van der Waals surface area contributed by atoms with Crippen molar-refractivity contribution in [3.05, 3.63) is 64.4 Å². The Morgan fingerprint density at radius 3 is 2.69 bits per heavy atom. The van der Waals surface area contributed by atoms with Crippen LogP contribution in [0.15, 0.2) is 36.4 Å². The first-order valence-corrected chi connectivity index (χ1v) is 8.73. The topological polar surface area (TPSA) is 32.3 Å². The van der Waals surface area contributed by atoms with Gasteiger partial charge >= 0.3 is 0 Å². The van der Waals surface area contributed by atoms with Crippen LogP contribution in [0.4, 0.5) is 18.9 Å². The number of nitrogens with one attached hydrogen (secondary N) is 1. The predicted molar refractivity (Wildman–Crippen MR) is 94.4 cm³/mol. The maximum absolute atomic E-state index is 14.0. The number of likely N-dealkylation sites (tertiary alicyclic amines) is 1. The normalized spacial score (nSPS) is 17.9. The lowest BCUT2D eigenvalue weighted by molar-refractivity contribution is -0.121. The van der Waals surface area contributed by atoms with E-state index in [0.717, 1.165) is 25.1 Å². The number of carbonyl (C=O) groups is 1. The van der Waals surface area contributed by atoms with Gasteiger partial charge < -0.3 is 5.32 Å². The van der Waals surface area contributed by atoms with Crippen LogP contribution < -0.4 is 5.32 Å². The third kappa shape index (κ3) is 4.37. The van der Waals surface area contributed by atoms with E-state index in [4.69, 9.17) is 11.6 Å². The Morgan fingerprint density at radius 1 is 1.15 bits per heavy atom. The van der Waals surface area contributed by atoms with E-state index >= 15 is 0 Å². The molecule has 1 N–H and O–H groups in total. The fourth-order valence-electron chi connectivity index (χ4n) is 3.14. The maximum Gasteiger partial charge on any atom is 0.228 e. The van der Waals surface area contributed by atoms with Crippen LogP contribution in [0.25, 0.3) is 0 Å². The summed E-state index contributed by atoms with van der Waals surface area (Å²) in [6.07, 6.45) is 1.46. The summed E-state index contributed by atoms with van der Waals surface area (Å²) in [7, 11) is 0. The van der Waals surface area contributed by atoms with Crippen molar-refractivity contribution < 1.29 is 18.0 Å². The van der Waals surface area contributed by atoms with Crippen molar-refractivity contribution >= 4 is 23.2 Å². The monoisotopic (exact) mass is 382 g/mol. The zero-order valence-electron chi connectivity index (χ0n) is 13.9. The Bertz CT molecular complexity index is 795. The molecule has 26 heavy (non-hydrogen) atoms. The molecule has 1 heterocycles. The standard InChI is InChI=1S/C19H18ClF3N2O/c20-15-4-1-5-16(21)14(15)11-25-8-2-3-12(10-25)19(26)24-13-6-7-17(22)18(23)9-13/h1,4-7,9,12H,2-3,8,10-11H2,(H,24,26). The number of nitrogens with zero attached hydrogens (tertiary/aromatic N) is 1. The van der Waals surface area contributed by atoms with Crippen molar-refractivity contribution in [1.29, 1.82) is 0 Å². The number of benzene rings is 2. The van der Waals surface area contributed by atoms with Gasteiger partial charge in [-0.2, -0.15) is 0 Å². The van der Waals surface area contributed by atoms with Crippen molar-refractivity contribution in [1.82, 2.24) is 4.90 Å². The summed E-state index contributed by atoms with van der Waals surface area (Å²) in [5, 5.41) is 2.97. The minimum atomic E-state index is -1.01. The van der Waals surface area contributed by atoms with Gasteiger partial charge in [0, 0.05) is 35.4 Å². The second-order valence-electron chi connectivity index (χ2n) is 6.39. The summed E-state index contributed by atoms with van der Waals surface area (Å²) in [6, 6.07) is 7.78. The molecule has 1 atom stereocenters. The number of hydrogen-bond donors (Lipinski definition) is 1.